The quantitative estimate of drug-likeness (QED) is 0.165. The third kappa shape index (κ3) is 6.17. The van der Waals surface area contributed by atoms with Crippen molar-refractivity contribution in [2.75, 3.05) is 4.90 Å². The Balaban J connectivity index is 1.09. The summed E-state index contributed by atoms with van der Waals surface area (Å²) in [5.74, 6) is 0. The summed E-state index contributed by atoms with van der Waals surface area (Å²) in [5, 5.41) is 4.55. The van der Waals surface area contributed by atoms with Gasteiger partial charge in [0.1, 0.15) is 11.2 Å². The second kappa shape index (κ2) is 16.3. The molecule has 340 valence electrons. The van der Waals surface area contributed by atoms with Crippen LogP contribution in [-0.4, -0.2) is 0 Å². The number of benzene rings is 12. The maximum Gasteiger partial charge on any atom is 0.143 e. The molecule has 1 aromatic heterocycles. The van der Waals surface area contributed by atoms with E-state index in [0.29, 0.717) is 0 Å². The van der Waals surface area contributed by atoms with Crippen molar-refractivity contribution < 1.29 is 4.42 Å². The molecular formula is C71H45NO. The summed E-state index contributed by atoms with van der Waals surface area (Å²) in [4.78, 5) is 2.57. The van der Waals surface area contributed by atoms with Gasteiger partial charge in [0.2, 0.25) is 0 Å². The number of fused-ring (bicyclic) bond motifs is 13. The van der Waals surface area contributed by atoms with Crippen LogP contribution >= 0.6 is 0 Å². The molecule has 2 heteroatoms. The minimum atomic E-state index is -0.709. The molecule has 0 atom stereocenters. The zero-order chi connectivity index (χ0) is 48.0. The zero-order valence-electron chi connectivity index (χ0n) is 39.8. The van der Waals surface area contributed by atoms with E-state index in [1.54, 1.807) is 0 Å². The van der Waals surface area contributed by atoms with Crippen molar-refractivity contribution in [1.82, 2.24) is 0 Å². The molecule has 12 aromatic carbocycles. The first-order chi connectivity index (χ1) is 36.2. The number of hydrogen-bond donors (Lipinski definition) is 0. The van der Waals surface area contributed by atoms with E-state index < -0.39 is 5.41 Å². The molecule has 0 radical (unpaired) electrons. The first kappa shape index (κ1) is 41.3. The van der Waals surface area contributed by atoms with Crippen LogP contribution < -0.4 is 4.90 Å². The molecule has 0 N–H and O–H groups in total. The Labute approximate surface area is 424 Å². The van der Waals surface area contributed by atoms with Gasteiger partial charge in [0.25, 0.3) is 0 Å². The second-order valence-electron chi connectivity index (χ2n) is 19.5. The highest BCUT2D eigenvalue weighted by molar-refractivity contribution is 6.13. The average Bonchev–Trinajstić information content (AvgIpc) is 4.00. The summed E-state index contributed by atoms with van der Waals surface area (Å²) in [6, 6.07) is 101. The predicted molar refractivity (Wildman–Crippen MR) is 304 cm³/mol. The first-order valence-electron chi connectivity index (χ1n) is 25.2. The van der Waals surface area contributed by atoms with Crippen molar-refractivity contribution in [2.24, 2.45) is 0 Å². The van der Waals surface area contributed by atoms with E-state index in [2.05, 4.69) is 278 Å². The Morgan fingerprint density at radius 1 is 0.260 bits per heavy atom. The van der Waals surface area contributed by atoms with Crippen molar-refractivity contribution in [3.05, 3.63) is 295 Å². The lowest BCUT2D eigenvalue weighted by Gasteiger charge is -2.46. The van der Waals surface area contributed by atoms with Gasteiger partial charge in [0.05, 0.1) is 22.5 Å². The SMILES string of the molecule is c1ccc(-c2ccccc2-c2ccc3c(c2)C2(c4ccccc4-c4ccccc42)c2cc(-c4ccccc4-c4ccccc4)ccc2N3c2cc3ccccc3cc2-c2cccc3c2oc2ccccc23)cc1. The number of anilines is 3. The van der Waals surface area contributed by atoms with Crippen LogP contribution in [0.2, 0.25) is 0 Å². The van der Waals surface area contributed by atoms with Gasteiger partial charge in [-0.1, -0.05) is 231 Å². The maximum absolute atomic E-state index is 6.89. The van der Waals surface area contributed by atoms with Crippen LogP contribution in [0.1, 0.15) is 22.3 Å². The summed E-state index contributed by atoms with van der Waals surface area (Å²) >= 11 is 0. The van der Waals surface area contributed by atoms with Gasteiger partial charge in [-0.05, 0) is 131 Å². The Hall–Kier alpha value is -9.50. The molecule has 2 aliphatic rings. The fraction of sp³-hybridized carbons (Fsp3) is 0.0141. The molecule has 73 heavy (non-hydrogen) atoms. The van der Waals surface area contributed by atoms with E-state index in [1.807, 2.05) is 0 Å². The van der Waals surface area contributed by atoms with Gasteiger partial charge in [-0.15, -0.1) is 0 Å². The molecule has 13 aromatic rings. The first-order valence-corrected chi connectivity index (χ1v) is 25.2. The minimum absolute atomic E-state index is 0.709. The third-order valence-corrected chi connectivity index (χ3v) is 15.7. The van der Waals surface area contributed by atoms with Crippen LogP contribution in [-0.2, 0) is 5.41 Å². The van der Waals surface area contributed by atoms with E-state index >= 15 is 0 Å². The van der Waals surface area contributed by atoms with Crippen LogP contribution in [0, 0.1) is 0 Å². The van der Waals surface area contributed by atoms with Crippen molar-refractivity contribution >= 4 is 49.8 Å². The topological polar surface area (TPSA) is 16.4 Å². The van der Waals surface area contributed by atoms with Crippen molar-refractivity contribution in [1.29, 1.82) is 0 Å². The lowest BCUT2D eigenvalue weighted by atomic mass is 9.63. The van der Waals surface area contributed by atoms with Crippen LogP contribution in [0.15, 0.2) is 277 Å². The zero-order valence-corrected chi connectivity index (χ0v) is 39.8. The highest BCUT2D eigenvalue weighted by Gasteiger charge is 2.52. The summed E-state index contributed by atoms with van der Waals surface area (Å²) < 4.78 is 6.89. The van der Waals surface area contributed by atoms with Crippen molar-refractivity contribution in [3.8, 4) is 66.8 Å². The number of hydrogen-bond acceptors (Lipinski definition) is 2. The van der Waals surface area contributed by atoms with E-state index in [0.717, 1.165) is 50.1 Å². The molecule has 0 saturated carbocycles. The number of nitrogens with zero attached hydrogens (tertiary/aromatic N) is 1. The van der Waals surface area contributed by atoms with E-state index in [1.165, 1.54) is 88.7 Å². The Bertz CT molecular complexity index is 4150. The maximum atomic E-state index is 6.89. The highest BCUT2D eigenvalue weighted by atomic mass is 16.3. The standard InChI is InChI=1S/C71H45NO/c1-3-20-46(21-4-1)52-26-9-11-28-54(52)50-38-40-66-64(43-50)71(62-35-16-13-30-56(62)57-31-14-17-36-63(57)71)65-44-51(55-29-12-10-27-53(55)47-22-5-2-6-23-47)39-41-67(65)72(66)68-45-49-25-8-7-24-48(49)42-61(68)60-34-19-33-59-58-32-15-18-37-69(58)73-70(59)60/h1-45H. The molecule has 0 fully saturated rings. The van der Waals surface area contributed by atoms with E-state index in [-0.39, 0.29) is 0 Å². The van der Waals surface area contributed by atoms with Gasteiger partial charge in [-0.3, -0.25) is 0 Å². The third-order valence-electron chi connectivity index (χ3n) is 15.7. The van der Waals surface area contributed by atoms with Gasteiger partial charge in [-0.25, -0.2) is 0 Å². The van der Waals surface area contributed by atoms with Gasteiger partial charge in [0.15, 0.2) is 0 Å². The summed E-state index contributed by atoms with van der Waals surface area (Å²) in [7, 11) is 0. The van der Waals surface area contributed by atoms with E-state index in [9.17, 15) is 0 Å². The average molecular weight is 928 g/mol. The van der Waals surface area contributed by atoms with Crippen molar-refractivity contribution in [2.45, 2.75) is 5.41 Å². The molecular weight excluding hydrogens is 883 g/mol. The molecule has 1 aliphatic heterocycles. The molecule has 1 spiro atoms. The number of rotatable bonds is 6. The van der Waals surface area contributed by atoms with Crippen LogP contribution in [0.4, 0.5) is 17.1 Å². The second-order valence-corrected chi connectivity index (χ2v) is 19.5. The molecule has 2 heterocycles. The highest BCUT2D eigenvalue weighted by Crippen LogP contribution is 2.65. The molecule has 1 aliphatic carbocycles. The summed E-state index contributed by atoms with van der Waals surface area (Å²) in [6.07, 6.45) is 0. The minimum Gasteiger partial charge on any atom is -0.455 e. The molecule has 2 nitrogen and oxygen atoms in total. The van der Waals surface area contributed by atoms with Gasteiger partial charge in [-0.2, -0.15) is 0 Å². The van der Waals surface area contributed by atoms with Gasteiger partial charge < -0.3 is 9.32 Å². The number of para-hydroxylation sites is 2. The molecule has 0 saturated heterocycles. The monoisotopic (exact) mass is 927 g/mol. The van der Waals surface area contributed by atoms with Gasteiger partial charge in [0, 0.05) is 21.9 Å². The van der Waals surface area contributed by atoms with Crippen LogP contribution in [0.25, 0.3) is 99.5 Å². The van der Waals surface area contributed by atoms with Crippen molar-refractivity contribution in [3.63, 3.8) is 0 Å². The predicted octanol–water partition coefficient (Wildman–Crippen LogP) is 19.2. The fourth-order valence-electron chi connectivity index (χ4n) is 12.5. The Kier molecular flexibility index (Phi) is 9.21. The molecule has 0 unspecified atom stereocenters. The fourth-order valence-corrected chi connectivity index (χ4v) is 12.5. The Morgan fingerprint density at radius 2 is 0.699 bits per heavy atom. The normalized spacial score (nSPS) is 13.0. The Morgan fingerprint density at radius 3 is 1.27 bits per heavy atom. The molecule has 0 amide bonds. The smallest absolute Gasteiger partial charge is 0.143 e. The molecule has 15 rings (SSSR count). The lowest BCUT2D eigenvalue weighted by Crippen LogP contribution is -2.36. The number of furan rings is 1. The van der Waals surface area contributed by atoms with Crippen LogP contribution in [0.3, 0.4) is 0 Å². The van der Waals surface area contributed by atoms with Gasteiger partial charge >= 0.3 is 0 Å². The lowest BCUT2D eigenvalue weighted by molar-refractivity contribution is 0.670. The van der Waals surface area contributed by atoms with Crippen LogP contribution in [0.5, 0.6) is 0 Å². The van der Waals surface area contributed by atoms with E-state index in [4.69, 9.17) is 4.42 Å². The molecule has 0 bridgehead atoms. The largest absolute Gasteiger partial charge is 0.455 e. The summed E-state index contributed by atoms with van der Waals surface area (Å²) in [5.41, 5.74) is 23.6. The summed E-state index contributed by atoms with van der Waals surface area (Å²) in [6.45, 7) is 0.